The minimum Gasteiger partial charge on any atom is -0.352 e. The van der Waals surface area contributed by atoms with Crippen LogP contribution in [0.4, 0.5) is 5.00 Å². The average molecular weight is 382 g/mol. The molecule has 0 atom stereocenters. The molecule has 0 radical (unpaired) electrons. The number of carbonyl (C=O) groups is 2. The van der Waals surface area contributed by atoms with Crippen molar-refractivity contribution < 1.29 is 9.59 Å². The molecule has 4 N–H and O–H groups in total. The van der Waals surface area contributed by atoms with E-state index in [9.17, 15) is 9.59 Å². The van der Waals surface area contributed by atoms with Crippen LogP contribution in [-0.4, -0.2) is 24.9 Å². The van der Waals surface area contributed by atoms with Crippen LogP contribution in [0, 0.1) is 0 Å². The molecule has 0 aliphatic rings. The SMILES string of the molecule is CCc1ccc(C(=O)Nc2sccc2C(=O)NCCCCN)cc1.Cl. The third-order valence-electron chi connectivity index (χ3n) is 3.68. The largest absolute Gasteiger partial charge is 0.352 e. The molecule has 0 saturated heterocycles. The van der Waals surface area contributed by atoms with Gasteiger partial charge < -0.3 is 16.4 Å². The van der Waals surface area contributed by atoms with Crippen LogP contribution < -0.4 is 16.4 Å². The number of unbranched alkanes of at least 4 members (excludes halogenated alkanes) is 1. The Morgan fingerprint density at radius 1 is 1.08 bits per heavy atom. The van der Waals surface area contributed by atoms with Gasteiger partial charge in [0.1, 0.15) is 5.00 Å². The van der Waals surface area contributed by atoms with Crippen molar-refractivity contribution in [2.45, 2.75) is 26.2 Å². The highest BCUT2D eigenvalue weighted by molar-refractivity contribution is 7.14. The van der Waals surface area contributed by atoms with Crippen LogP contribution in [0.5, 0.6) is 0 Å². The third kappa shape index (κ3) is 6.16. The zero-order valence-electron chi connectivity index (χ0n) is 14.2. The maximum Gasteiger partial charge on any atom is 0.256 e. The molecule has 1 aromatic carbocycles. The molecule has 0 aliphatic heterocycles. The number of thiophene rings is 1. The molecule has 7 heteroatoms. The lowest BCUT2D eigenvalue weighted by Crippen LogP contribution is -2.25. The van der Waals surface area contributed by atoms with E-state index < -0.39 is 0 Å². The number of nitrogens with two attached hydrogens (primary N) is 1. The van der Waals surface area contributed by atoms with E-state index in [-0.39, 0.29) is 24.2 Å². The van der Waals surface area contributed by atoms with E-state index in [1.54, 1.807) is 23.6 Å². The molecule has 0 aliphatic carbocycles. The minimum atomic E-state index is -0.211. The number of anilines is 1. The highest BCUT2D eigenvalue weighted by atomic mass is 35.5. The highest BCUT2D eigenvalue weighted by Crippen LogP contribution is 2.24. The Bertz CT molecular complexity index is 686. The summed E-state index contributed by atoms with van der Waals surface area (Å²) in [6.07, 6.45) is 2.65. The number of halogens is 1. The van der Waals surface area contributed by atoms with E-state index in [2.05, 4.69) is 17.6 Å². The second-order valence-electron chi connectivity index (χ2n) is 5.42. The van der Waals surface area contributed by atoms with Crippen molar-refractivity contribution in [1.29, 1.82) is 0 Å². The van der Waals surface area contributed by atoms with Gasteiger partial charge >= 0.3 is 0 Å². The fourth-order valence-corrected chi connectivity index (χ4v) is 3.00. The number of carbonyl (C=O) groups excluding carboxylic acids is 2. The predicted molar refractivity (Wildman–Crippen MR) is 106 cm³/mol. The molecule has 0 saturated carbocycles. The fourth-order valence-electron chi connectivity index (χ4n) is 2.22. The van der Waals surface area contributed by atoms with Gasteiger partial charge in [0.15, 0.2) is 0 Å². The van der Waals surface area contributed by atoms with E-state index >= 15 is 0 Å². The van der Waals surface area contributed by atoms with E-state index in [0.29, 0.717) is 29.2 Å². The summed E-state index contributed by atoms with van der Waals surface area (Å²) >= 11 is 1.34. The first-order valence-corrected chi connectivity index (χ1v) is 8.99. The molecule has 25 heavy (non-hydrogen) atoms. The van der Waals surface area contributed by atoms with Gasteiger partial charge in [-0.3, -0.25) is 9.59 Å². The Balaban J connectivity index is 0.00000312. The van der Waals surface area contributed by atoms with Gasteiger partial charge in [-0.25, -0.2) is 0 Å². The van der Waals surface area contributed by atoms with Crippen molar-refractivity contribution in [2.24, 2.45) is 5.73 Å². The molecule has 0 fully saturated rings. The number of rotatable bonds is 8. The molecule has 0 unspecified atom stereocenters. The Hall–Kier alpha value is -1.89. The second-order valence-corrected chi connectivity index (χ2v) is 6.34. The van der Waals surface area contributed by atoms with Crippen LogP contribution in [0.1, 0.15) is 46.0 Å². The summed E-state index contributed by atoms with van der Waals surface area (Å²) in [6.45, 7) is 3.27. The first-order valence-electron chi connectivity index (χ1n) is 8.11. The van der Waals surface area contributed by atoms with Crippen molar-refractivity contribution in [3.63, 3.8) is 0 Å². The summed E-state index contributed by atoms with van der Waals surface area (Å²) in [7, 11) is 0. The van der Waals surface area contributed by atoms with Crippen molar-refractivity contribution in [1.82, 2.24) is 5.32 Å². The van der Waals surface area contributed by atoms with Crippen LogP contribution in [0.3, 0.4) is 0 Å². The molecular weight excluding hydrogens is 358 g/mol. The number of amides is 2. The van der Waals surface area contributed by atoms with Gasteiger partial charge in [0.05, 0.1) is 5.56 Å². The van der Waals surface area contributed by atoms with Crippen LogP contribution >= 0.6 is 23.7 Å². The molecule has 5 nitrogen and oxygen atoms in total. The normalized spacial score (nSPS) is 10.0. The van der Waals surface area contributed by atoms with E-state index in [0.717, 1.165) is 19.3 Å². The van der Waals surface area contributed by atoms with Gasteiger partial charge in [0.2, 0.25) is 0 Å². The number of hydrogen-bond donors (Lipinski definition) is 3. The quantitative estimate of drug-likeness (QED) is 0.612. The monoisotopic (exact) mass is 381 g/mol. The Labute approximate surface area is 158 Å². The standard InChI is InChI=1S/C18H23N3O2S.ClH/c1-2-13-5-7-14(8-6-13)16(22)21-18-15(9-12-24-18)17(23)20-11-4-3-10-19;/h5-9,12H,2-4,10-11,19H2,1H3,(H,20,23)(H,21,22);1H. The zero-order chi connectivity index (χ0) is 17.4. The predicted octanol–water partition coefficient (Wildman–Crippen LogP) is 3.45. The molecule has 2 rings (SSSR count). The van der Waals surface area contributed by atoms with Crippen molar-refractivity contribution in [2.75, 3.05) is 18.4 Å². The summed E-state index contributed by atoms with van der Waals surface area (Å²) in [5.41, 5.74) is 7.69. The second kappa shape index (κ2) is 10.9. The summed E-state index contributed by atoms with van der Waals surface area (Å²) in [4.78, 5) is 24.5. The minimum absolute atomic E-state index is 0. The van der Waals surface area contributed by atoms with Crippen LogP contribution in [0.15, 0.2) is 35.7 Å². The van der Waals surface area contributed by atoms with Gasteiger partial charge in [0, 0.05) is 12.1 Å². The molecule has 2 amide bonds. The lowest BCUT2D eigenvalue weighted by atomic mass is 10.1. The van der Waals surface area contributed by atoms with E-state index in [4.69, 9.17) is 5.73 Å². The van der Waals surface area contributed by atoms with Gasteiger partial charge in [-0.1, -0.05) is 19.1 Å². The van der Waals surface area contributed by atoms with Crippen LogP contribution in [0.2, 0.25) is 0 Å². The number of nitrogens with one attached hydrogen (secondary N) is 2. The smallest absolute Gasteiger partial charge is 0.256 e. The average Bonchev–Trinajstić information content (AvgIpc) is 3.06. The molecular formula is C18H24ClN3O2S. The molecule has 0 bridgehead atoms. The lowest BCUT2D eigenvalue weighted by molar-refractivity contribution is 0.0954. The Morgan fingerprint density at radius 2 is 1.80 bits per heavy atom. The maximum absolute atomic E-state index is 12.3. The van der Waals surface area contributed by atoms with Gasteiger partial charge in [0.25, 0.3) is 11.8 Å². The lowest BCUT2D eigenvalue weighted by Gasteiger charge is -2.08. The zero-order valence-corrected chi connectivity index (χ0v) is 15.8. The Kier molecular flexibility index (Phi) is 9.20. The van der Waals surface area contributed by atoms with Gasteiger partial charge in [-0.2, -0.15) is 0 Å². The van der Waals surface area contributed by atoms with Crippen LogP contribution in [-0.2, 0) is 6.42 Å². The number of aryl methyl sites for hydroxylation is 1. The summed E-state index contributed by atoms with van der Waals surface area (Å²) in [5, 5.41) is 8.04. The molecule has 1 aromatic heterocycles. The summed E-state index contributed by atoms with van der Waals surface area (Å²) < 4.78 is 0. The number of benzene rings is 1. The van der Waals surface area contributed by atoms with Crippen molar-refractivity contribution in [3.05, 3.63) is 52.4 Å². The van der Waals surface area contributed by atoms with Crippen molar-refractivity contribution >= 4 is 40.6 Å². The van der Waals surface area contributed by atoms with Crippen molar-refractivity contribution in [3.8, 4) is 0 Å². The number of hydrogen-bond acceptors (Lipinski definition) is 4. The molecule has 136 valence electrons. The Morgan fingerprint density at radius 3 is 2.44 bits per heavy atom. The molecule has 1 heterocycles. The van der Waals surface area contributed by atoms with E-state index in [1.165, 1.54) is 16.9 Å². The molecule has 0 spiro atoms. The van der Waals surface area contributed by atoms with E-state index in [1.807, 2.05) is 12.1 Å². The third-order valence-corrected chi connectivity index (χ3v) is 4.51. The van der Waals surface area contributed by atoms with Gasteiger partial charge in [-0.05, 0) is 54.9 Å². The fraction of sp³-hybridized carbons (Fsp3) is 0.333. The van der Waals surface area contributed by atoms with Crippen LogP contribution in [0.25, 0.3) is 0 Å². The highest BCUT2D eigenvalue weighted by Gasteiger charge is 2.15. The van der Waals surface area contributed by atoms with Gasteiger partial charge in [-0.15, -0.1) is 23.7 Å². The molecule has 2 aromatic rings. The first kappa shape index (κ1) is 21.2. The summed E-state index contributed by atoms with van der Waals surface area (Å²) in [6, 6.07) is 9.20. The topological polar surface area (TPSA) is 84.2 Å². The summed E-state index contributed by atoms with van der Waals surface area (Å²) in [5.74, 6) is -0.387. The maximum atomic E-state index is 12.3. The first-order chi connectivity index (χ1) is 11.7.